The van der Waals surface area contributed by atoms with Crippen molar-refractivity contribution in [3.8, 4) is 5.75 Å². The van der Waals surface area contributed by atoms with Gasteiger partial charge in [0, 0.05) is 16.5 Å². The van der Waals surface area contributed by atoms with Crippen molar-refractivity contribution in [2.45, 2.75) is 32.3 Å². The van der Waals surface area contributed by atoms with Gasteiger partial charge < -0.3 is 9.15 Å². The van der Waals surface area contributed by atoms with E-state index in [1.807, 2.05) is 18.2 Å². The maximum absolute atomic E-state index is 12.0. The predicted molar refractivity (Wildman–Crippen MR) is 105 cm³/mol. The number of carbonyl (C=O) groups excluding carboxylic acids is 2. The lowest BCUT2D eigenvalue weighted by molar-refractivity contribution is -0.131. The van der Waals surface area contributed by atoms with Crippen molar-refractivity contribution >= 4 is 33.8 Å². The van der Waals surface area contributed by atoms with E-state index in [2.05, 4.69) is 33.7 Å². The standard InChI is InChI=1S/C20H21BrN2O4/c1-12-10-17(12)18-8-6-15(27-18)7-9-19(24)22-23-20(25)13(2)26-16-5-3-4-14(21)11-16/h3-9,11-13,17H,10H2,1-2H3,(H,22,24)(H,23,25)/b9-7+. The molecule has 0 spiro atoms. The predicted octanol–water partition coefficient (Wildman–Crippen LogP) is 3.79. The molecule has 1 aliphatic rings. The molecule has 2 N–H and O–H groups in total. The van der Waals surface area contributed by atoms with Gasteiger partial charge in [0.2, 0.25) is 0 Å². The highest BCUT2D eigenvalue weighted by atomic mass is 79.9. The zero-order chi connectivity index (χ0) is 19.4. The number of hydrazine groups is 1. The lowest BCUT2D eigenvalue weighted by Crippen LogP contribution is -2.46. The van der Waals surface area contributed by atoms with E-state index in [1.165, 1.54) is 6.08 Å². The molecule has 2 aromatic rings. The second kappa shape index (κ2) is 8.43. The van der Waals surface area contributed by atoms with Crippen LogP contribution in [0.15, 0.2) is 51.4 Å². The number of halogens is 1. The summed E-state index contributed by atoms with van der Waals surface area (Å²) in [5.41, 5.74) is 4.66. The highest BCUT2D eigenvalue weighted by molar-refractivity contribution is 9.10. The fourth-order valence-corrected chi connectivity index (χ4v) is 2.98. The molecular formula is C20H21BrN2O4. The zero-order valence-corrected chi connectivity index (χ0v) is 16.7. The number of amides is 2. The Morgan fingerprint density at radius 3 is 2.78 bits per heavy atom. The van der Waals surface area contributed by atoms with Crippen molar-refractivity contribution in [3.63, 3.8) is 0 Å². The maximum atomic E-state index is 12.0. The molecular weight excluding hydrogens is 412 g/mol. The Kier molecular flexibility index (Phi) is 6.01. The van der Waals surface area contributed by atoms with Gasteiger partial charge in [0.05, 0.1) is 0 Å². The van der Waals surface area contributed by atoms with Crippen LogP contribution in [0, 0.1) is 5.92 Å². The van der Waals surface area contributed by atoms with Gasteiger partial charge in [-0.2, -0.15) is 0 Å². The number of nitrogens with one attached hydrogen (secondary N) is 2. The lowest BCUT2D eigenvalue weighted by atomic mass is 10.3. The number of benzene rings is 1. The third kappa shape index (κ3) is 5.47. The first kappa shape index (κ1) is 19.2. The fourth-order valence-electron chi connectivity index (χ4n) is 2.60. The summed E-state index contributed by atoms with van der Waals surface area (Å²) < 4.78 is 12.1. The summed E-state index contributed by atoms with van der Waals surface area (Å²) in [7, 11) is 0. The van der Waals surface area contributed by atoms with Gasteiger partial charge in [0.15, 0.2) is 6.10 Å². The Hall–Kier alpha value is -2.54. The second-order valence-electron chi connectivity index (χ2n) is 6.59. The van der Waals surface area contributed by atoms with Crippen LogP contribution in [0.5, 0.6) is 5.75 Å². The van der Waals surface area contributed by atoms with E-state index in [9.17, 15) is 9.59 Å². The molecule has 27 heavy (non-hydrogen) atoms. The minimum atomic E-state index is -0.767. The quantitative estimate of drug-likeness (QED) is 0.537. The monoisotopic (exact) mass is 432 g/mol. The third-order valence-electron chi connectivity index (χ3n) is 4.31. The molecule has 0 aliphatic heterocycles. The molecule has 0 bridgehead atoms. The molecule has 1 heterocycles. The summed E-state index contributed by atoms with van der Waals surface area (Å²) in [4.78, 5) is 23.9. The smallest absolute Gasteiger partial charge is 0.279 e. The van der Waals surface area contributed by atoms with Crippen LogP contribution in [0.4, 0.5) is 0 Å². The zero-order valence-electron chi connectivity index (χ0n) is 15.1. The minimum Gasteiger partial charge on any atom is -0.481 e. The minimum absolute atomic E-state index is 0.459. The van der Waals surface area contributed by atoms with Crippen molar-refractivity contribution in [3.05, 3.63) is 58.5 Å². The number of furan rings is 1. The summed E-state index contributed by atoms with van der Waals surface area (Å²) >= 11 is 3.34. The molecule has 0 saturated heterocycles. The summed E-state index contributed by atoms with van der Waals surface area (Å²) in [6, 6.07) is 10.9. The SMILES string of the molecule is CC(Oc1cccc(Br)c1)C(=O)NNC(=O)/C=C/c1ccc(C2CC2C)o1. The van der Waals surface area contributed by atoms with Gasteiger partial charge >= 0.3 is 0 Å². The Bertz CT molecular complexity index is 861. The van der Waals surface area contributed by atoms with Gasteiger partial charge in [0.1, 0.15) is 17.3 Å². The Morgan fingerprint density at radius 1 is 1.30 bits per heavy atom. The van der Waals surface area contributed by atoms with E-state index in [1.54, 1.807) is 31.2 Å². The summed E-state index contributed by atoms with van der Waals surface area (Å²) in [6.45, 7) is 3.78. The van der Waals surface area contributed by atoms with Gasteiger partial charge in [-0.05, 0) is 55.7 Å². The second-order valence-corrected chi connectivity index (χ2v) is 7.50. The van der Waals surface area contributed by atoms with Crippen LogP contribution >= 0.6 is 15.9 Å². The number of hydrogen-bond acceptors (Lipinski definition) is 4. The number of hydrogen-bond donors (Lipinski definition) is 2. The molecule has 7 heteroatoms. The first-order valence-electron chi connectivity index (χ1n) is 8.72. The van der Waals surface area contributed by atoms with Crippen LogP contribution in [-0.4, -0.2) is 17.9 Å². The Morgan fingerprint density at radius 2 is 2.07 bits per heavy atom. The maximum Gasteiger partial charge on any atom is 0.279 e. The topological polar surface area (TPSA) is 80.6 Å². The van der Waals surface area contributed by atoms with Crippen molar-refractivity contribution in [1.82, 2.24) is 10.9 Å². The summed E-state index contributed by atoms with van der Waals surface area (Å²) in [5.74, 6) is 2.35. The van der Waals surface area contributed by atoms with E-state index in [4.69, 9.17) is 9.15 Å². The fraction of sp³-hybridized carbons (Fsp3) is 0.300. The molecule has 1 aromatic carbocycles. The third-order valence-corrected chi connectivity index (χ3v) is 4.80. The molecule has 2 amide bonds. The van der Waals surface area contributed by atoms with Gasteiger partial charge in [-0.15, -0.1) is 0 Å². The highest BCUT2D eigenvalue weighted by Gasteiger charge is 2.36. The average Bonchev–Trinajstić information content (AvgIpc) is 3.17. The van der Waals surface area contributed by atoms with Crippen LogP contribution in [0.2, 0.25) is 0 Å². The Balaban J connectivity index is 1.43. The highest BCUT2D eigenvalue weighted by Crippen LogP contribution is 2.47. The summed E-state index contributed by atoms with van der Waals surface area (Å²) in [6.07, 6.45) is 3.25. The largest absolute Gasteiger partial charge is 0.481 e. The summed E-state index contributed by atoms with van der Waals surface area (Å²) in [5, 5.41) is 0. The van der Waals surface area contributed by atoms with Crippen LogP contribution in [-0.2, 0) is 9.59 Å². The van der Waals surface area contributed by atoms with Crippen LogP contribution < -0.4 is 15.6 Å². The van der Waals surface area contributed by atoms with E-state index in [0.29, 0.717) is 23.3 Å². The van der Waals surface area contributed by atoms with Gasteiger partial charge in [0.25, 0.3) is 11.8 Å². The van der Waals surface area contributed by atoms with Gasteiger partial charge in [-0.25, -0.2) is 0 Å². The van der Waals surface area contributed by atoms with Crippen LogP contribution in [0.25, 0.3) is 6.08 Å². The molecule has 1 saturated carbocycles. The molecule has 1 aromatic heterocycles. The van der Waals surface area contributed by atoms with Gasteiger partial charge in [-0.3, -0.25) is 20.4 Å². The van der Waals surface area contributed by atoms with E-state index >= 15 is 0 Å². The molecule has 6 nitrogen and oxygen atoms in total. The number of carbonyl (C=O) groups is 2. The number of rotatable bonds is 6. The van der Waals surface area contributed by atoms with Crippen molar-refractivity contribution < 1.29 is 18.7 Å². The van der Waals surface area contributed by atoms with E-state index < -0.39 is 17.9 Å². The van der Waals surface area contributed by atoms with Gasteiger partial charge in [-0.1, -0.05) is 28.9 Å². The van der Waals surface area contributed by atoms with Crippen molar-refractivity contribution in [1.29, 1.82) is 0 Å². The molecule has 142 valence electrons. The normalized spacial score (nSPS) is 19.5. The average molecular weight is 433 g/mol. The molecule has 0 radical (unpaired) electrons. The molecule has 1 aliphatic carbocycles. The molecule has 3 rings (SSSR count). The van der Waals surface area contributed by atoms with E-state index in [0.717, 1.165) is 16.7 Å². The molecule has 1 fully saturated rings. The Labute approximate surface area is 166 Å². The number of ether oxygens (including phenoxy) is 1. The first-order valence-corrected chi connectivity index (χ1v) is 9.51. The van der Waals surface area contributed by atoms with Crippen molar-refractivity contribution in [2.24, 2.45) is 5.92 Å². The van der Waals surface area contributed by atoms with Crippen LogP contribution in [0.1, 0.15) is 37.7 Å². The van der Waals surface area contributed by atoms with Crippen LogP contribution in [0.3, 0.4) is 0 Å². The van der Waals surface area contributed by atoms with E-state index in [-0.39, 0.29) is 0 Å². The first-order chi connectivity index (χ1) is 12.9. The van der Waals surface area contributed by atoms with Crippen molar-refractivity contribution in [2.75, 3.05) is 0 Å². The molecule has 3 atom stereocenters. The molecule has 3 unspecified atom stereocenters. The lowest BCUT2D eigenvalue weighted by Gasteiger charge is -2.14.